The largest absolute Gasteiger partial charge is 0.331 e. The van der Waals surface area contributed by atoms with Crippen LogP contribution in [-0.4, -0.2) is 11.0 Å². The molecule has 2 N–H and O–H groups in total. The van der Waals surface area contributed by atoms with Crippen LogP contribution in [0.25, 0.3) is 0 Å². The first kappa shape index (κ1) is 14.5. The van der Waals surface area contributed by atoms with Gasteiger partial charge in [-0.2, -0.15) is 0 Å². The van der Waals surface area contributed by atoms with E-state index in [2.05, 4.69) is 26.6 Å². The van der Waals surface area contributed by atoms with Gasteiger partial charge in [-0.25, -0.2) is 0 Å². The summed E-state index contributed by atoms with van der Waals surface area (Å²) in [6.07, 6.45) is 5.41. The van der Waals surface area contributed by atoms with Gasteiger partial charge in [-0.05, 0) is 59.0 Å². The fraction of sp³-hybridized carbons (Fsp3) is 0.429. The molecule has 0 aromatic heterocycles. The zero-order chi connectivity index (χ0) is 13.7. The molecule has 0 radical (unpaired) electrons. The molecule has 5 heteroatoms. The third kappa shape index (κ3) is 4.58. The van der Waals surface area contributed by atoms with Gasteiger partial charge in [0.25, 0.3) is 0 Å². The van der Waals surface area contributed by atoms with Crippen LogP contribution in [0.4, 0.5) is 5.69 Å². The number of nitrogens with one attached hydrogen (secondary N) is 2. The molecular formula is C14H17BrN2OS. The first-order chi connectivity index (χ1) is 9.15. The summed E-state index contributed by atoms with van der Waals surface area (Å²) in [7, 11) is 0. The number of carbonyl (C=O) groups excluding carboxylic acids is 1. The van der Waals surface area contributed by atoms with Crippen LogP contribution in [0.5, 0.6) is 0 Å². The maximum atomic E-state index is 11.8. The minimum absolute atomic E-state index is 0.0106. The maximum absolute atomic E-state index is 11.8. The van der Waals surface area contributed by atoms with Crippen molar-refractivity contribution in [3.8, 4) is 0 Å². The highest BCUT2D eigenvalue weighted by Crippen LogP contribution is 2.27. The highest BCUT2D eigenvalue weighted by molar-refractivity contribution is 9.10. The van der Waals surface area contributed by atoms with E-state index in [-0.39, 0.29) is 5.91 Å². The zero-order valence-electron chi connectivity index (χ0n) is 10.6. The number of para-hydroxylation sites is 1. The fourth-order valence-electron chi connectivity index (χ4n) is 2.37. The van der Waals surface area contributed by atoms with Gasteiger partial charge in [0.05, 0.1) is 5.69 Å². The topological polar surface area (TPSA) is 41.1 Å². The Morgan fingerprint density at radius 2 is 2.00 bits per heavy atom. The molecule has 2 rings (SSSR count). The normalized spacial score (nSPS) is 15.2. The summed E-state index contributed by atoms with van der Waals surface area (Å²) in [5, 5.41) is 6.12. The van der Waals surface area contributed by atoms with Crippen molar-refractivity contribution in [2.75, 3.05) is 5.32 Å². The molecule has 1 amide bonds. The van der Waals surface area contributed by atoms with E-state index in [0.717, 1.165) is 23.0 Å². The lowest BCUT2D eigenvalue weighted by molar-refractivity contribution is -0.120. The SMILES string of the molecule is O=C(CC1CCCC1)NC(=S)Nc1ccccc1Br. The van der Waals surface area contributed by atoms with E-state index >= 15 is 0 Å². The van der Waals surface area contributed by atoms with Crippen LogP contribution < -0.4 is 10.6 Å². The Kier molecular flexibility index (Phi) is 5.34. The van der Waals surface area contributed by atoms with Gasteiger partial charge in [-0.3, -0.25) is 4.79 Å². The van der Waals surface area contributed by atoms with E-state index in [1.165, 1.54) is 12.8 Å². The molecule has 1 aromatic carbocycles. The third-order valence-corrected chi connectivity index (χ3v) is 4.22. The molecule has 0 heterocycles. The van der Waals surface area contributed by atoms with Gasteiger partial charge < -0.3 is 10.6 Å². The van der Waals surface area contributed by atoms with Gasteiger partial charge in [0.1, 0.15) is 0 Å². The lowest BCUT2D eigenvalue weighted by atomic mass is 10.0. The van der Waals surface area contributed by atoms with Crippen molar-refractivity contribution < 1.29 is 4.79 Å². The Bertz CT molecular complexity index is 472. The molecule has 1 aromatic rings. The molecule has 102 valence electrons. The van der Waals surface area contributed by atoms with Crippen LogP contribution in [0.2, 0.25) is 0 Å². The van der Waals surface area contributed by atoms with Crippen LogP contribution in [0.1, 0.15) is 32.1 Å². The van der Waals surface area contributed by atoms with Crippen molar-refractivity contribution in [3.05, 3.63) is 28.7 Å². The number of amides is 1. The van der Waals surface area contributed by atoms with Gasteiger partial charge in [-0.1, -0.05) is 25.0 Å². The van der Waals surface area contributed by atoms with E-state index in [9.17, 15) is 4.79 Å². The minimum Gasteiger partial charge on any atom is -0.331 e. The molecule has 1 saturated carbocycles. The van der Waals surface area contributed by atoms with E-state index in [1.54, 1.807) is 0 Å². The Hall–Kier alpha value is -0.940. The van der Waals surface area contributed by atoms with Crippen LogP contribution in [-0.2, 0) is 4.79 Å². The number of thiocarbonyl (C=S) groups is 1. The van der Waals surface area contributed by atoms with Gasteiger partial charge in [-0.15, -0.1) is 0 Å². The monoisotopic (exact) mass is 340 g/mol. The summed E-state index contributed by atoms with van der Waals surface area (Å²) in [6, 6.07) is 7.66. The summed E-state index contributed by atoms with van der Waals surface area (Å²) < 4.78 is 0.919. The summed E-state index contributed by atoms with van der Waals surface area (Å²) in [4.78, 5) is 11.8. The number of anilines is 1. The molecule has 0 unspecified atom stereocenters. The molecule has 0 spiro atoms. The van der Waals surface area contributed by atoms with Gasteiger partial charge in [0.2, 0.25) is 5.91 Å². The van der Waals surface area contributed by atoms with Crippen LogP contribution >= 0.6 is 28.1 Å². The minimum atomic E-state index is 0.0106. The van der Waals surface area contributed by atoms with Gasteiger partial charge in [0, 0.05) is 10.9 Å². The van der Waals surface area contributed by atoms with Crippen molar-refractivity contribution in [2.45, 2.75) is 32.1 Å². The molecule has 0 atom stereocenters. The number of carbonyl (C=O) groups is 1. The number of halogens is 1. The smallest absolute Gasteiger partial charge is 0.226 e. The van der Waals surface area contributed by atoms with E-state index < -0.39 is 0 Å². The summed E-state index contributed by atoms with van der Waals surface area (Å²) in [5.74, 6) is 0.544. The molecular weight excluding hydrogens is 324 g/mol. The average molecular weight is 341 g/mol. The van der Waals surface area contributed by atoms with Gasteiger partial charge in [0.15, 0.2) is 5.11 Å². The van der Waals surface area contributed by atoms with Crippen LogP contribution in [0.15, 0.2) is 28.7 Å². The second-order valence-corrected chi connectivity index (χ2v) is 6.10. The molecule has 0 aliphatic heterocycles. The Balaban J connectivity index is 1.80. The van der Waals surface area contributed by atoms with Crippen LogP contribution in [0.3, 0.4) is 0 Å². The Morgan fingerprint density at radius 1 is 1.32 bits per heavy atom. The second kappa shape index (κ2) is 7.01. The highest BCUT2D eigenvalue weighted by atomic mass is 79.9. The maximum Gasteiger partial charge on any atom is 0.226 e. The third-order valence-electron chi connectivity index (χ3n) is 3.32. The molecule has 0 saturated heterocycles. The average Bonchev–Trinajstić information content (AvgIpc) is 2.84. The summed E-state index contributed by atoms with van der Waals surface area (Å²) in [6.45, 7) is 0. The molecule has 1 aliphatic carbocycles. The van der Waals surface area contributed by atoms with Crippen molar-refractivity contribution in [1.29, 1.82) is 0 Å². The molecule has 1 aliphatic rings. The first-order valence-electron chi connectivity index (χ1n) is 6.50. The lowest BCUT2D eigenvalue weighted by Gasteiger charge is -2.12. The van der Waals surface area contributed by atoms with Crippen molar-refractivity contribution >= 4 is 44.9 Å². The van der Waals surface area contributed by atoms with Crippen molar-refractivity contribution in [3.63, 3.8) is 0 Å². The second-order valence-electron chi connectivity index (χ2n) is 4.84. The summed E-state index contributed by atoms with van der Waals surface area (Å²) >= 11 is 8.58. The Labute approximate surface area is 127 Å². The van der Waals surface area contributed by atoms with Crippen molar-refractivity contribution in [1.82, 2.24) is 5.32 Å². The fourth-order valence-corrected chi connectivity index (χ4v) is 2.98. The standard InChI is InChI=1S/C14H17BrN2OS/c15-11-7-3-4-8-12(11)16-14(19)17-13(18)9-10-5-1-2-6-10/h3-4,7-8,10H,1-2,5-6,9H2,(H2,16,17,18,19). The first-order valence-corrected chi connectivity index (χ1v) is 7.70. The predicted octanol–water partition coefficient (Wildman–Crippen LogP) is 3.84. The van der Waals surface area contributed by atoms with Gasteiger partial charge >= 0.3 is 0 Å². The number of benzene rings is 1. The molecule has 0 bridgehead atoms. The van der Waals surface area contributed by atoms with E-state index in [4.69, 9.17) is 12.2 Å². The predicted molar refractivity (Wildman–Crippen MR) is 85.1 cm³/mol. The zero-order valence-corrected chi connectivity index (χ0v) is 13.0. The van der Waals surface area contributed by atoms with E-state index in [1.807, 2.05) is 24.3 Å². The highest BCUT2D eigenvalue weighted by Gasteiger charge is 2.18. The molecule has 3 nitrogen and oxygen atoms in total. The lowest BCUT2D eigenvalue weighted by Crippen LogP contribution is -2.35. The molecule has 1 fully saturated rings. The Morgan fingerprint density at radius 3 is 2.68 bits per heavy atom. The number of rotatable bonds is 3. The summed E-state index contributed by atoms with van der Waals surface area (Å²) in [5.41, 5.74) is 0.855. The number of hydrogen-bond acceptors (Lipinski definition) is 2. The molecule has 19 heavy (non-hydrogen) atoms. The quantitative estimate of drug-likeness (QED) is 0.821. The van der Waals surface area contributed by atoms with Crippen LogP contribution in [0, 0.1) is 5.92 Å². The van der Waals surface area contributed by atoms with E-state index in [0.29, 0.717) is 17.5 Å². The number of hydrogen-bond donors (Lipinski definition) is 2. The van der Waals surface area contributed by atoms with Crippen molar-refractivity contribution in [2.24, 2.45) is 5.92 Å².